The number of hydrogen-bond donors (Lipinski definition) is 2. The Morgan fingerprint density at radius 1 is 1.47 bits per heavy atom. The Morgan fingerprint density at radius 2 is 2.18 bits per heavy atom. The van der Waals surface area contributed by atoms with E-state index in [0.29, 0.717) is 17.4 Å². The van der Waals surface area contributed by atoms with E-state index in [1.165, 1.54) is 0 Å². The minimum atomic E-state index is -0.889. The molecule has 0 unspecified atom stereocenters. The lowest BCUT2D eigenvalue weighted by Crippen LogP contribution is -2.00. The zero-order valence-corrected chi connectivity index (χ0v) is 10.7. The largest absolute Gasteiger partial charge is 0.478 e. The third-order valence-corrected chi connectivity index (χ3v) is 3.23. The van der Waals surface area contributed by atoms with Crippen molar-refractivity contribution in [2.45, 2.75) is 25.6 Å². The number of rotatable bonds is 3. The number of carboxylic acid groups (broad SMARTS) is 1. The number of carbonyl (C=O) groups is 1. The predicted molar refractivity (Wildman–Crippen MR) is 72.0 cm³/mol. The number of benzene rings is 1. The van der Waals surface area contributed by atoms with Crippen molar-refractivity contribution < 1.29 is 9.90 Å². The van der Waals surface area contributed by atoms with Crippen molar-refractivity contribution >= 4 is 29.5 Å². The summed E-state index contributed by atoms with van der Waals surface area (Å²) in [7, 11) is 0. The Kier molecular flexibility index (Phi) is 3.15. The predicted octanol–water partition coefficient (Wildman–Crippen LogP) is 3.35. The summed E-state index contributed by atoms with van der Waals surface area (Å²) in [6, 6.07) is 5.68. The maximum absolute atomic E-state index is 11.2. The molecule has 90 valence electrons. The Bertz CT molecular complexity index is 572. The SMILES string of the molecule is CC(C)n1cc(CS)c2c(C(=O)O)cccc21. The topological polar surface area (TPSA) is 42.2 Å². The smallest absolute Gasteiger partial charge is 0.336 e. The van der Waals surface area contributed by atoms with Gasteiger partial charge in [0.15, 0.2) is 0 Å². The second-order valence-electron chi connectivity index (χ2n) is 4.32. The van der Waals surface area contributed by atoms with Crippen LogP contribution in [0.15, 0.2) is 24.4 Å². The first-order chi connectivity index (χ1) is 8.06. The Labute approximate surface area is 105 Å². The molecule has 0 fully saturated rings. The Hall–Kier alpha value is -1.42. The summed E-state index contributed by atoms with van der Waals surface area (Å²) >= 11 is 4.28. The molecule has 0 amide bonds. The molecule has 1 aromatic carbocycles. The fourth-order valence-electron chi connectivity index (χ4n) is 2.12. The first-order valence-corrected chi connectivity index (χ1v) is 6.16. The number of hydrogen-bond acceptors (Lipinski definition) is 2. The van der Waals surface area contributed by atoms with Crippen molar-refractivity contribution in [3.05, 3.63) is 35.5 Å². The molecule has 3 nitrogen and oxygen atoms in total. The molecule has 0 saturated carbocycles. The normalized spacial score (nSPS) is 11.3. The highest BCUT2D eigenvalue weighted by molar-refractivity contribution is 7.79. The zero-order chi connectivity index (χ0) is 12.6. The van der Waals surface area contributed by atoms with Crippen LogP contribution < -0.4 is 0 Å². The molecular formula is C13H15NO2S. The van der Waals surface area contributed by atoms with Gasteiger partial charge in [-0.1, -0.05) is 6.07 Å². The van der Waals surface area contributed by atoms with Gasteiger partial charge in [0.05, 0.1) is 5.56 Å². The van der Waals surface area contributed by atoms with E-state index in [-0.39, 0.29) is 0 Å². The number of fused-ring (bicyclic) bond motifs is 1. The highest BCUT2D eigenvalue weighted by Gasteiger charge is 2.16. The highest BCUT2D eigenvalue weighted by Crippen LogP contribution is 2.28. The molecule has 0 aliphatic heterocycles. The molecule has 4 heteroatoms. The summed E-state index contributed by atoms with van der Waals surface area (Å²) in [4.78, 5) is 11.2. The van der Waals surface area contributed by atoms with Gasteiger partial charge in [-0.15, -0.1) is 0 Å². The van der Waals surface area contributed by atoms with Gasteiger partial charge in [0.1, 0.15) is 0 Å². The minimum Gasteiger partial charge on any atom is -0.478 e. The van der Waals surface area contributed by atoms with Gasteiger partial charge in [-0.2, -0.15) is 12.6 Å². The fourth-order valence-corrected chi connectivity index (χ4v) is 2.36. The standard InChI is InChI=1S/C13H15NO2S/c1-8(2)14-6-9(7-17)12-10(13(15)16)4-3-5-11(12)14/h3-6,8,17H,7H2,1-2H3,(H,15,16). The third-order valence-electron chi connectivity index (χ3n) is 2.89. The molecular weight excluding hydrogens is 234 g/mol. The number of aromatic carboxylic acids is 1. The summed E-state index contributed by atoms with van der Waals surface area (Å²) in [6.45, 7) is 4.16. The van der Waals surface area contributed by atoms with Crippen LogP contribution in [0, 0.1) is 0 Å². The summed E-state index contributed by atoms with van der Waals surface area (Å²) < 4.78 is 2.09. The van der Waals surface area contributed by atoms with E-state index >= 15 is 0 Å². The van der Waals surface area contributed by atoms with E-state index < -0.39 is 5.97 Å². The lowest BCUT2D eigenvalue weighted by molar-refractivity contribution is 0.0699. The van der Waals surface area contributed by atoms with Crippen molar-refractivity contribution in [3.63, 3.8) is 0 Å². The molecule has 1 aromatic heterocycles. The van der Waals surface area contributed by atoms with E-state index in [1.807, 2.05) is 12.3 Å². The van der Waals surface area contributed by atoms with Crippen LogP contribution in [0.25, 0.3) is 10.9 Å². The van der Waals surface area contributed by atoms with Gasteiger partial charge in [-0.05, 0) is 31.5 Å². The molecule has 0 atom stereocenters. The lowest BCUT2D eigenvalue weighted by Gasteiger charge is -2.09. The number of thiol groups is 1. The van der Waals surface area contributed by atoms with E-state index in [9.17, 15) is 9.90 Å². The van der Waals surface area contributed by atoms with Gasteiger partial charge in [0, 0.05) is 28.9 Å². The van der Waals surface area contributed by atoms with Crippen LogP contribution >= 0.6 is 12.6 Å². The average Bonchev–Trinajstić information content (AvgIpc) is 2.67. The van der Waals surface area contributed by atoms with E-state index in [4.69, 9.17) is 0 Å². The van der Waals surface area contributed by atoms with E-state index in [0.717, 1.165) is 16.5 Å². The number of carboxylic acids is 1. The average molecular weight is 249 g/mol. The van der Waals surface area contributed by atoms with Crippen molar-refractivity contribution in [2.75, 3.05) is 0 Å². The first kappa shape index (κ1) is 12.0. The second kappa shape index (κ2) is 4.45. The molecule has 2 aromatic rings. The summed E-state index contributed by atoms with van der Waals surface area (Å²) in [5, 5.41) is 10.0. The molecule has 17 heavy (non-hydrogen) atoms. The van der Waals surface area contributed by atoms with Crippen molar-refractivity contribution in [3.8, 4) is 0 Å². The second-order valence-corrected chi connectivity index (χ2v) is 4.63. The molecule has 1 N–H and O–H groups in total. The Balaban J connectivity index is 2.84. The van der Waals surface area contributed by atoms with Crippen molar-refractivity contribution in [2.24, 2.45) is 0 Å². The summed E-state index contributed by atoms with van der Waals surface area (Å²) in [5.74, 6) is -0.347. The van der Waals surface area contributed by atoms with Gasteiger partial charge >= 0.3 is 5.97 Å². The molecule has 0 radical (unpaired) electrons. The summed E-state index contributed by atoms with van der Waals surface area (Å²) in [5.41, 5.74) is 2.28. The maximum atomic E-state index is 11.2. The monoisotopic (exact) mass is 249 g/mol. The van der Waals surface area contributed by atoms with Crippen LogP contribution in [0.5, 0.6) is 0 Å². The third kappa shape index (κ3) is 1.93. The first-order valence-electron chi connectivity index (χ1n) is 5.52. The number of aromatic nitrogens is 1. The van der Waals surface area contributed by atoms with Crippen LogP contribution in [-0.4, -0.2) is 15.6 Å². The van der Waals surface area contributed by atoms with Crippen LogP contribution in [-0.2, 0) is 5.75 Å². The highest BCUT2D eigenvalue weighted by atomic mass is 32.1. The molecule has 0 saturated heterocycles. The minimum absolute atomic E-state index is 0.301. The molecule has 1 heterocycles. The van der Waals surface area contributed by atoms with Gasteiger partial charge in [0.2, 0.25) is 0 Å². The maximum Gasteiger partial charge on any atom is 0.336 e. The van der Waals surface area contributed by atoms with Crippen LogP contribution in [0.1, 0.15) is 35.8 Å². The van der Waals surface area contributed by atoms with Crippen LogP contribution in [0.4, 0.5) is 0 Å². The molecule has 0 aliphatic carbocycles. The van der Waals surface area contributed by atoms with Gasteiger partial charge in [0.25, 0.3) is 0 Å². The van der Waals surface area contributed by atoms with Gasteiger partial charge in [-0.25, -0.2) is 4.79 Å². The van der Waals surface area contributed by atoms with Crippen molar-refractivity contribution in [1.29, 1.82) is 0 Å². The van der Waals surface area contributed by atoms with Crippen LogP contribution in [0.3, 0.4) is 0 Å². The summed E-state index contributed by atoms with van der Waals surface area (Å²) in [6.07, 6.45) is 1.99. The molecule has 2 rings (SSSR count). The Morgan fingerprint density at radius 3 is 2.71 bits per heavy atom. The quantitative estimate of drug-likeness (QED) is 0.819. The van der Waals surface area contributed by atoms with Crippen molar-refractivity contribution in [1.82, 2.24) is 4.57 Å². The molecule has 0 aliphatic rings. The van der Waals surface area contributed by atoms with E-state index in [2.05, 4.69) is 31.0 Å². The van der Waals surface area contributed by atoms with Gasteiger partial charge < -0.3 is 9.67 Å². The van der Waals surface area contributed by atoms with Gasteiger partial charge in [-0.3, -0.25) is 0 Å². The molecule has 0 bridgehead atoms. The van der Waals surface area contributed by atoms with E-state index in [1.54, 1.807) is 12.1 Å². The fraction of sp³-hybridized carbons (Fsp3) is 0.308. The van der Waals surface area contributed by atoms with Crippen LogP contribution in [0.2, 0.25) is 0 Å². The zero-order valence-electron chi connectivity index (χ0n) is 9.84. The number of nitrogens with zero attached hydrogens (tertiary/aromatic N) is 1. The molecule has 0 spiro atoms. The lowest BCUT2D eigenvalue weighted by atomic mass is 10.1.